The molecule has 0 saturated heterocycles. The van der Waals surface area contributed by atoms with E-state index in [4.69, 9.17) is 5.26 Å². The van der Waals surface area contributed by atoms with Crippen molar-refractivity contribution in [3.8, 4) is 17.5 Å². The van der Waals surface area contributed by atoms with Gasteiger partial charge < -0.3 is 10.6 Å². The first-order valence-electron chi connectivity index (χ1n) is 8.28. The summed E-state index contributed by atoms with van der Waals surface area (Å²) in [6.07, 6.45) is 2.37. The van der Waals surface area contributed by atoms with Crippen LogP contribution in [0.4, 0.5) is 17.3 Å². The molecule has 1 aromatic heterocycles. The Morgan fingerprint density at radius 2 is 1.64 bits per heavy atom. The van der Waals surface area contributed by atoms with Gasteiger partial charge in [0, 0.05) is 23.4 Å². The molecule has 0 atom stereocenters. The van der Waals surface area contributed by atoms with E-state index in [1.807, 2.05) is 48.5 Å². The van der Waals surface area contributed by atoms with Crippen LogP contribution in [0.5, 0.6) is 0 Å². The minimum atomic E-state index is 0.515. The van der Waals surface area contributed by atoms with Crippen molar-refractivity contribution in [2.45, 2.75) is 18.9 Å². The van der Waals surface area contributed by atoms with Crippen molar-refractivity contribution in [3.05, 3.63) is 66.2 Å². The smallest absolute Gasteiger partial charge is 0.163 e. The zero-order valence-corrected chi connectivity index (χ0v) is 13.6. The van der Waals surface area contributed by atoms with Gasteiger partial charge in [-0.15, -0.1) is 0 Å². The molecule has 1 aliphatic rings. The van der Waals surface area contributed by atoms with E-state index in [1.54, 1.807) is 12.1 Å². The lowest BCUT2D eigenvalue weighted by molar-refractivity contribution is 1.09. The number of rotatable bonds is 5. The lowest BCUT2D eigenvalue weighted by Gasteiger charge is -2.11. The third-order valence-corrected chi connectivity index (χ3v) is 3.97. The predicted octanol–water partition coefficient (Wildman–Crippen LogP) is 4.33. The molecular weight excluding hydrogens is 310 g/mol. The highest BCUT2D eigenvalue weighted by Gasteiger charge is 2.22. The molecule has 1 heterocycles. The Labute approximate surface area is 146 Å². The van der Waals surface area contributed by atoms with Gasteiger partial charge in [-0.05, 0) is 37.1 Å². The van der Waals surface area contributed by atoms with E-state index < -0.39 is 0 Å². The molecule has 1 aliphatic carbocycles. The number of nitrogens with zero attached hydrogens (tertiary/aromatic N) is 3. The van der Waals surface area contributed by atoms with Crippen LogP contribution in [0.1, 0.15) is 18.4 Å². The number of benzene rings is 2. The second kappa shape index (κ2) is 6.62. The molecule has 0 bridgehead atoms. The Morgan fingerprint density at radius 3 is 2.32 bits per heavy atom. The number of hydrogen-bond donors (Lipinski definition) is 2. The van der Waals surface area contributed by atoms with Gasteiger partial charge in [0.2, 0.25) is 0 Å². The number of nitriles is 1. The minimum Gasteiger partial charge on any atom is -0.367 e. The predicted molar refractivity (Wildman–Crippen MR) is 98.6 cm³/mol. The maximum atomic E-state index is 8.91. The summed E-state index contributed by atoms with van der Waals surface area (Å²) in [5, 5.41) is 15.6. The highest BCUT2D eigenvalue weighted by atomic mass is 15.1. The Balaban J connectivity index is 1.66. The van der Waals surface area contributed by atoms with E-state index in [0.717, 1.165) is 22.9 Å². The average molecular weight is 327 g/mol. The first-order chi connectivity index (χ1) is 12.3. The molecule has 0 spiro atoms. The third kappa shape index (κ3) is 3.75. The average Bonchev–Trinajstić information content (AvgIpc) is 3.47. The number of aromatic nitrogens is 2. The zero-order valence-electron chi connectivity index (χ0n) is 13.6. The van der Waals surface area contributed by atoms with Crippen LogP contribution in [0.15, 0.2) is 60.7 Å². The fraction of sp³-hybridized carbons (Fsp3) is 0.150. The monoisotopic (exact) mass is 327 g/mol. The lowest BCUT2D eigenvalue weighted by atomic mass is 10.2. The van der Waals surface area contributed by atoms with Gasteiger partial charge in [0.05, 0.1) is 11.6 Å². The fourth-order valence-corrected chi connectivity index (χ4v) is 2.51. The van der Waals surface area contributed by atoms with Crippen LogP contribution < -0.4 is 10.6 Å². The van der Waals surface area contributed by atoms with Crippen molar-refractivity contribution < 1.29 is 0 Å². The van der Waals surface area contributed by atoms with Gasteiger partial charge in [-0.1, -0.05) is 30.3 Å². The minimum absolute atomic E-state index is 0.515. The van der Waals surface area contributed by atoms with Crippen LogP contribution >= 0.6 is 0 Å². The van der Waals surface area contributed by atoms with Crippen LogP contribution in [0.2, 0.25) is 0 Å². The molecule has 3 aromatic rings. The van der Waals surface area contributed by atoms with Gasteiger partial charge in [0.1, 0.15) is 11.6 Å². The Kier molecular flexibility index (Phi) is 4.01. The van der Waals surface area contributed by atoms with E-state index in [-0.39, 0.29) is 0 Å². The van der Waals surface area contributed by atoms with E-state index in [1.165, 1.54) is 12.8 Å². The van der Waals surface area contributed by atoms with Crippen LogP contribution in [0.3, 0.4) is 0 Å². The molecule has 0 amide bonds. The molecule has 25 heavy (non-hydrogen) atoms. The topological polar surface area (TPSA) is 73.6 Å². The molecular formula is C20H17N5. The van der Waals surface area contributed by atoms with Crippen LogP contribution in [0.25, 0.3) is 11.4 Å². The first kappa shape index (κ1) is 15.2. The summed E-state index contributed by atoms with van der Waals surface area (Å²) in [5.41, 5.74) is 2.49. The van der Waals surface area contributed by atoms with Crippen molar-refractivity contribution in [2.75, 3.05) is 10.6 Å². The highest BCUT2D eigenvalue weighted by Crippen LogP contribution is 2.27. The summed E-state index contributed by atoms with van der Waals surface area (Å²) in [7, 11) is 0. The zero-order chi connectivity index (χ0) is 17.1. The lowest BCUT2D eigenvalue weighted by Crippen LogP contribution is -2.06. The number of nitrogens with one attached hydrogen (secondary N) is 2. The molecule has 4 rings (SSSR count). The molecule has 5 heteroatoms. The summed E-state index contributed by atoms with van der Waals surface area (Å²) in [4.78, 5) is 9.29. The Hall–Kier alpha value is -3.39. The Bertz CT molecular complexity index is 909. The van der Waals surface area contributed by atoms with Crippen LogP contribution in [0, 0.1) is 11.3 Å². The van der Waals surface area contributed by atoms with Gasteiger partial charge in [-0.3, -0.25) is 0 Å². The number of anilines is 3. The van der Waals surface area contributed by atoms with Crippen molar-refractivity contribution in [1.29, 1.82) is 5.26 Å². The highest BCUT2D eigenvalue weighted by molar-refractivity contribution is 5.65. The van der Waals surface area contributed by atoms with Gasteiger partial charge in [-0.2, -0.15) is 5.26 Å². The molecule has 0 aliphatic heterocycles. The normalized spacial score (nSPS) is 13.1. The molecule has 2 N–H and O–H groups in total. The van der Waals surface area contributed by atoms with Crippen molar-refractivity contribution in [2.24, 2.45) is 0 Å². The standard InChI is InChI=1S/C20H17N5/c21-13-14-6-8-16(9-7-14)22-18-12-19(23-17-10-11-17)25-20(24-18)15-4-2-1-3-5-15/h1-9,12,17H,10-11H2,(H2,22,23,24,25). The van der Waals surface area contributed by atoms with Gasteiger partial charge in [0.15, 0.2) is 5.82 Å². The van der Waals surface area contributed by atoms with Crippen LogP contribution in [-0.2, 0) is 0 Å². The van der Waals surface area contributed by atoms with Gasteiger partial charge in [0.25, 0.3) is 0 Å². The summed E-state index contributed by atoms with van der Waals surface area (Å²) >= 11 is 0. The molecule has 0 radical (unpaired) electrons. The van der Waals surface area contributed by atoms with Gasteiger partial charge in [-0.25, -0.2) is 9.97 Å². The molecule has 5 nitrogen and oxygen atoms in total. The van der Waals surface area contributed by atoms with E-state index >= 15 is 0 Å². The number of hydrogen-bond acceptors (Lipinski definition) is 5. The van der Waals surface area contributed by atoms with Crippen molar-refractivity contribution in [3.63, 3.8) is 0 Å². The second-order valence-electron chi connectivity index (χ2n) is 6.06. The molecule has 1 fully saturated rings. The largest absolute Gasteiger partial charge is 0.367 e. The molecule has 1 saturated carbocycles. The molecule has 122 valence electrons. The maximum absolute atomic E-state index is 8.91. The summed E-state index contributed by atoms with van der Waals surface area (Å²) in [5.74, 6) is 2.23. The summed E-state index contributed by atoms with van der Waals surface area (Å²) in [6.45, 7) is 0. The van der Waals surface area contributed by atoms with Crippen molar-refractivity contribution >= 4 is 17.3 Å². The quantitative estimate of drug-likeness (QED) is 0.729. The van der Waals surface area contributed by atoms with E-state index in [0.29, 0.717) is 17.4 Å². The summed E-state index contributed by atoms with van der Waals surface area (Å²) < 4.78 is 0. The van der Waals surface area contributed by atoms with Crippen LogP contribution in [-0.4, -0.2) is 16.0 Å². The fourth-order valence-electron chi connectivity index (χ4n) is 2.51. The summed E-state index contributed by atoms with van der Waals surface area (Å²) in [6, 6.07) is 21.8. The van der Waals surface area contributed by atoms with E-state index in [2.05, 4.69) is 26.7 Å². The van der Waals surface area contributed by atoms with E-state index in [9.17, 15) is 0 Å². The first-order valence-corrected chi connectivity index (χ1v) is 8.28. The third-order valence-electron chi connectivity index (χ3n) is 3.97. The molecule has 0 unspecified atom stereocenters. The molecule has 2 aromatic carbocycles. The SMILES string of the molecule is N#Cc1ccc(Nc2cc(NC3CC3)nc(-c3ccccc3)n2)cc1. The Morgan fingerprint density at radius 1 is 0.920 bits per heavy atom. The van der Waals surface area contributed by atoms with Crippen molar-refractivity contribution in [1.82, 2.24) is 9.97 Å². The maximum Gasteiger partial charge on any atom is 0.163 e. The second-order valence-corrected chi connectivity index (χ2v) is 6.06. The van der Waals surface area contributed by atoms with Gasteiger partial charge >= 0.3 is 0 Å².